The lowest BCUT2D eigenvalue weighted by molar-refractivity contribution is 0.627. The fourth-order valence-corrected chi connectivity index (χ4v) is 2.04. The average Bonchev–Trinajstić information content (AvgIpc) is 2.33. The van der Waals surface area contributed by atoms with Crippen LogP contribution in [0.3, 0.4) is 0 Å². The fourth-order valence-electron chi connectivity index (χ4n) is 1.72. The third kappa shape index (κ3) is 3.31. The van der Waals surface area contributed by atoms with E-state index in [4.69, 9.17) is 11.6 Å². The molecule has 0 amide bonds. The van der Waals surface area contributed by atoms with Crippen LogP contribution < -0.4 is 0 Å². The topological polar surface area (TPSA) is 0 Å². The molecule has 0 N–H and O–H groups in total. The Morgan fingerprint density at radius 1 is 1.00 bits per heavy atom. The first-order valence-corrected chi connectivity index (χ1v) is 6.04. The number of hydrogen-bond donors (Lipinski definition) is 0. The predicted molar refractivity (Wildman–Crippen MR) is 69.9 cm³/mol. The molecular formula is C15H14ClF. The molecule has 0 bridgehead atoms. The van der Waals surface area contributed by atoms with Crippen molar-refractivity contribution >= 4 is 11.6 Å². The van der Waals surface area contributed by atoms with Crippen molar-refractivity contribution < 1.29 is 4.39 Å². The molecule has 17 heavy (non-hydrogen) atoms. The Bertz CT molecular complexity index is 473. The number of rotatable bonds is 3. The van der Waals surface area contributed by atoms with Crippen LogP contribution in [0.5, 0.6) is 0 Å². The van der Waals surface area contributed by atoms with Crippen LogP contribution in [0, 0.1) is 12.7 Å². The molecule has 0 aliphatic rings. The lowest BCUT2D eigenvalue weighted by Crippen LogP contribution is -1.96. The van der Waals surface area contributed by atoms with Crippen LogP contribution in [0.2, 0.25) is 0 Å². The van der Waals surface area contributed by atoms with Crippen molar-refractivity contribution in [3.8, 4) is 0 Å². The Balaban J connectivity index is 2.08. The summed E-state index contributed by atoms with van der Waals surface area (Å²) in [5, 5.41) is -0.0685. The highest BCUT2D eigenvalue weighted by Gasteiger charge is 2.08. The van der Waals surface area contributed by atoms with E-state index in [2.05, 4.69) is 12.1 Å². The van der Waals surface area contributed by atoms with Crippen molar-refractivity contribution in [1.82, 2.24) is 0 Å². The molecule has 88 valence electrons. The molecule has 2 rings (SSSR count). The highest BCUT2D eigenvalue weighted by Crippen LogP contribution is 2.25. The monoisotopic (exact) mass is 248 g/mol. The van der Waals surface area contributed by atoms with E-state index in [0.29, 0.717) is 6.42 Å². The number of hydrogen-bond acceptors (Lipinski definition) is 0. The zero-order chi connectivity index (χ0) is 12.3. The average molecular weight is 249 g/mol. The van der Waals surface area contributed by atoms with E-state index in [1.807, 2.05) is 19.1 Å². The summed E-state index contributed by atoms with van der Waals surface area (Å²) < 4.78 is 12.8. The van der Waals surface area contributed by atoms with E-state index >= 15 is 0 Å². The van der Waals surface area contributed by atoms with E-state index in [-0.39, 0.29) is 11.2 Å². The Morgan fingerprint density at radius 2 is 1.59 bits per heavy atom. The molecule has 2 aromatic rings. The van der Waals surface area contributed by atoms with Gasteiger partial charge in [0.1, 0.15) is 5.82 Å². The van der Waals surface area contributed by atoms with E-state index in [0.717, 1.165) is 11.1 Å². The second kappa shape index (κ2) is 5.33. The summed E-state index contributed by atoms with van der Waals surface area (Å²) in [5.74, 6) is -0.213. The standard InChI is InChI=1S/C15H14ClF/c1-11-2-6-13(7-3-11)15(16)10-12-4-8-14(17)9-5-12/h2-9,15H,10H2,1H3. The van der Waals surface area contributed by atoms with Crippen molar-refractivity contribution in [2.45, 2.75) is 18.7 Å². The van der Waals surface area contributed by atoms with E-state index in [1.54, 1.807) is 12.1 Å². The summed E-state index contributed by atoms with van der Waals surface area (Å²) in [5.41, 5.74) is 3.37. The summed E-state index contributed by atoms with van der Waals surface area (Å²) >= 11 is 6.34. The molecule has 0 fully saturated rings. The van der Waals surface area contributed by atoms with Crippen molar-refractivity contribution in [3.05, 3.63) is 71.0 Å². The van der Waals surface area contributed by atoms with Crippen LogP contribution in [-0.2, 0) is 6.42 Å². The van der Waals surface area contributed by atoms with Gasteiger partial charge in [-0.05, 0) is 36.6 Å². The first-order valence-electron chi connectivity index (χ1n) is 5.60. The molecule has 0 aliphatic carbocycles. The Kier molecular flexibility index (Phi) is 3.80. The van der Waals surface area contributed by atoms with Gasteiger partial charge in [-0.25, -0.2) is 4.39 Å². The van der Waals surface area contributed by atoms with Gasteiger partial charge in [0, 0.05) is 0 Å². The minimum atomic E-state index is -0.213. The largest absolute Gasteiger partial charge is 0.207 e. The van der Waals surface area contributed by atoms with Gasteiger partial charge in [-0.15, -0.1) is 11.6 Å². The first kappa shape index (κ1) is 12.1. The van der Waals surface area contributed by atoms with Crippen LogP contribution in [0.15, 0.2) is 48.5 Å². The minimum Gasteiger partial charge on any atom is -0.207 e. The van der Waals surface area contributed by atoms with Crippen LogP contribution in [0.25, 0.3) is 0 Å². The summed E-state index contributed by atoms with van der Waals surface area (Å²) in [6.45, 7) is 2.05. The maximum atomic E-state index is 12.8. The van der Waals surface area contributed by atoms with E-state index in [9.17, 15) is 4.39 Å². The molecule has 2 aromatic carbocycles. The van der Waals surface area contributed by atoms with E-state index < -0.39 is 0 Å². The van der Waals surface area contributed by atoms with Crippen LogP contribution in [0.1, 0.15) is 22.1 Å². The van der Waals surface area contributed by atoms with Gasteiger partial charge in [-0.1, -0.05) is 42.0 Å². The highest BCUT2D eigenvalue weighted by molar-refractivity contribution is 6.20. The summed E-state index contributed by atoms with van der Waals surface area (Å²) in [7, 11) is 0. The molecule has 0 nitrogen and oxygen atoms in total. The molecule has 0 spiro atoms. The second-order valence-corrected chi connectivity index (χ2v) is 4.74. The molecule has 0 aromatic heterocycles. The third-order valence-corrected chi connectivity index (χ3v) is 3.17. The Morgan fingerprint density at radius 3 is 2.18 bits per heavy atom. The number of aryl methyl sites for hydroxylation is 1. The molecule has 1 unspecified atom stereocenters. The van der Waals surface area contributed by atoms with Crippen LogP contribution in [-0.4, -0.2) is 0 Å². The van der Waals surface area contributed by atoms with Crippen LogP contribution >= 0.6 is 11.6 Å². The lowest BCUT2D eigenvalue weighted by atomic mass is 10.0. The zero-order valence-corrected chi connectivity index (χ0v) is 10.4. The van der Waals surface area contributed by atoms with Gasteiger partial charge in [0.25, 0.3) is 0 Å². The zero-order valence-electron chi connectivity index (χ0n) is 9.66. The minimum absolute atomic E-state index is 0.0685. The molecule has 1 atom stereocenters. The van der Waals surface area contributed by atoms with Gasteiger partial charge < -0.3 is 0 Å². The van der Waals surface area contributed by atoms with Crippen molar-refractivity contribution in [1.29, 1.82) is 0 Å². The Labute approximate surface area is 106 Å². The van der Waals surface area contributed by atoms with Gasteiger partial charge in [0.15, 0.2) is 0 Å². The smallest absolute Gasteiger partial charge is 0.123 e. The molecule has 0 saturated carbocycles. The number of benzene rings is 2. The maximum Gasteiger partial charge on any atom is 0.123 e. The molecular weight excluding hydrogens is 235 g/mol. The summed E-state index contributed by atoms with van der Waals surface area (Å²) in [6, 6.07) is 14.7. The first-order chi connectivity index (χ1) is 8.15. The van der Waals surface area contributed by atoms with Gasteiger partial charge in [0.2, 0.25) is 0 Å². The van der Waals surface area contributed by atoms with Gasteiger partial charge in [0.05, 0.1) is 5.38 Å². The van der Waals surface area contributed by atoms with Crippen molar-refractivity contribution in [2.24, 2.45) is 0 Å². The SMILES string of the molecule is Cc1ccc(C(Cl)Cc2ccc(F)cc2)cc1. The molecule has 0 saturated heterocycles. The van der Waals surface area contributed by atoms with Crippen molar-refractivity contribution in [3.63, 3.8) is 0 Å². The molecule has 0 aliphatic heterocycles. The quantitative estimate of drug-likeness (QED) is 0.694. The highest BCUT2D eigenvalue weighted by atomic mass is 35.5. The normalized spacial score (nSPS) is 12.4. The second-order valence-electron chi connectivity index (χ2n) is 4.21. The molecule has 0 heterocycles. The van der Waals surface area contributed by atoms with Crippen molar-refractivity contribution in [2.75, 3.05) is 0 Å². The predicted octanol–water partition coefficient (Wildman–Crippen LogP) is 4.66. The maximum absolute atomic E-state index is 12.8. The van der Waals surface area contributed by atoms with Crippen LogP contribution in [0.4, 0.5) is 4.39 Å². The fraction of sp³-hybridized carbons (Fsp3) is 0.200. The lowest BCUT2D eigenvalue weighted by Gasteiger charge is -2.10. The summed E-state index contributed by atoms with van der Waals surface area (Å²) in [4.78, 5) is 0. The third-order valence-electron chi connectivity index (χ3n) is 2.77. The Hall–Kier alpha value is -1.34. The molecule has 2 heteroatoms. The number of alkyl halides is 1. The van der Waals surface area contributed by atoms with Gasteiger partial charge in [-0.3, -0.25) is 0 Å². The van der Waals surface area contributed by atoms with Gasteiger partial charge in [-0.2, -0.15) is 0 Å². The molecule has 0 radical (unpaired) electrons. The van der Waals surface area contributed by atoms with E-state index in [1.165, 1.54) is 17.7 Å². The van der Waals surface area contributed by atoms with Gasteiger partial charge >= 0.3 is 0 Å². The summed E-state index contributed by atoms with van der Waals surface area (Å²) in [6.07, 6.45) is 0.713. The number of halogens is 2.